The third kappa shape index (κ3) is 3.99. The van der Waals surface area contributed by atoms with Gasteiger partial charge in [0.05, 0.1) is 0 Å². The summed E-state index contributed by atoms with van der Waals surface area (Å²) >= 11 is -2.17. The predicted octanol–water partition coefficient (Wildman–Crippen LogP) is 8.35. The van der Waals surface area contributed by atoms with E-state index >= 15 is 0 Å². The van der Waals surface area contributed by atoms with E-state index in [-0.39, 0.29) is 5.04 Å². The zero-order chi connectivity index (χ0) is 23.9. The standard InChI is InChI=1S/C27H35Si.3CH3.Ti/c1-8-9-15-28(25-13-11-10-12-14-25,26-17-20(2)16-21(3)18-26)27(7)19-22(4)23(5)24(27)6;;;;/h10-14,16-18H,8-9,15H2,1-7H3;3*1H3;. The minimum atomic E-state index is -2.21. The number of allylic oxidation sites excluding steroid dienone is 4. The number of aryl methyl sites for hydroxylation is 2. The fraction of sp³-hybridized carbons (Fsp3) is 0.467. The van der Waals surface area contributed by atoms with Gasteiger partial charge in [-0.2, -0.15) is 0 Å². The summed E-state index contributed by atoms with van der Waals surface area (Å²) in [5.41, 5.74) is 7.65. The van der Waals surface area contributed by atoms with E-state index in [9.17, 15) is 0 Å². The van der Waals surface area contributed by atoms with Gasteiger partial charge in [-0.1, -0.05) is 0 Å². The van der Waals surface area contributed by atoms with Crippen LogP contribution in [0.2, 0.25) is 26.8 Å². The summed E-state index contributed by atoms with van der Waals surface area (Å²) in [6.45, 7) is 16.9. The van der Waals surface area contributed by atoms with E-state index in [1.54, 1.807) is 27.1 Å². The van der Waals surface area contributed by atoms with Crippen LogP contribution in [0.15, 0.2) is 69.1 Å². The first-order chi connectivity index (χ1) is 14.9. The molecule has 1 aliphatic carbocycles. The van der Waals surface area contributed by atoms with E-state index in [1.807, 2.05) is 3.88 Å². The van der Waals surface area contributed by atoms with E-state index < -0.39 is 24.7 Å². The molecule has 2 unspecified atom stereocenters. The Bertz CT molecular complexity index is 1030. The van der Waals surface area contributed by atoms with Crippen molar-refractivity contribution in [2.75, 3.05) is 0 Å². The molecule has 32 heavy (non-hydrogen) atoms. The van der Waals surface area contributed by atoms with Crippen molar-refractivity contribution in [2.24, 2.45) is 0 Å². The second-order valence-electron chi connectivity index (χ2n) is 11.4. The molecule has 2 aromatic carbocycles. The van der Waals surface area contributed by atoms with Gasteiger partial charge in [0.15, 0.2) is 0 Å². The van der Waals surface area contributed by atoms with Crippen molar-refractivity contribution < 1.29 is 16.6 Å². The van der Waals surface area contributed by atoms with E-state index in [2.05, 4.69) is 113 Å². The predicted molar refractivity (Wildman–Crippen MR) is 144 cm³/mol. The fourth-order valence-electron chi connectivity index (χ4n) is 6.92. The van der Waals surface area contributed by atoms with Crippen LogP contribution in [0.1, 0.15) is 58.6 Å². The third-order valence-corrected chi connectivity index (χ3v) is 18.4. The quantitative estimate of drug-likeness (QED) is 0.349. The van der Waals surface area contributed by atoms with Crippen LogP contribution in [0.5, 0.6) is 0 Å². The third-order valence-electron chi connectivity index (χ3n) is 8.24. The van der Waals surface area contributed by atoms with E-state index in [0.717, 1.165) is 0 Å². The van der Waals surface area contributed by atoms with Gasteiger partial charge in [-0.15, -0.1) is 0 Å². The van der Waals surface area contributed by atoms with Crippen LogP contribution in [0.3, 0.4) is 0 Å². The van der Waals surface area contributed by atoms with Gasteiger partial charge in [-0.3, -0.25) is 0 Å². The zero-order valence-corrected chi connectivity index (χ0v) is 24.8. The number of hydrogen-bond donors (Lipinski definition) is 0. The van der Waals surface area contributed by atoms with Crippen LogP contribution >= 0.6 is 0 Å². The Morgan fingerprint density at radius 3 is 1.84 bits per heavy atom. The summed E-state index contributed by atoms with van der Waals surface area (Å²) in [6.07, 6.45) is 2.54. The number of hydrogen-bond acceptors (Lipinski definition) is 0. The molecule has 0 radical (unpaired) electrons. The van der Waals surface area contributed by atoms with Crippen LogP contribution in [0.25, 0.3) is 0 Å². The van der Waals surface area contributed by atoms with Crippen LogP contribution < -0.4 is 10.4 Å². The second-order valence-corrected chi connectivity index (χ2v) is 23.6. The molecule has 0 N–H and O–H groups in total. The topological polar surface area (TPSA) is 0 Å². The van der Waals surface area contributed by atoms with Crippen molar-refractivity contribution in [1.82, 2.24) is 0 Å². The first-order valence-electron chi connectivity index (χ1n) is 12.5. The van der Waals surface area contributed by atoms with E-state index in [4.69, 9.17) is 0 Å². The fourth-order valence-corrected chi connectivity index (χ4v) is 20.8. The molecule has 1 aliphatic rings. The van der Waals surface area contributed by atoms with Gasteiger partial charge < -0.3 is 0 Å². The summed E-state index contributed by atoms with van der Waals surface area (Å²) in [5.74, 6) is 0. The van der Waals surface area contributed by atoms with Crippen molar-refractivity contribution in [2.45, 2.75) is 88.1 Å². The molecule has 0 saturated heterocycles. The van der Waals surface area contributed by atoms with Crippen molar-refractivity contribution >= 4 is 18.4 Å². The summed E-state index contributed by atoms with van der Waals surface area (Å²) in [6, 6.07) is 20.5. The summed E-state index contributed by atoms with van der Waals surface area (Å²) in [7, 11) is -2.21. The van der Waals surface area contributed by atoms with Gasteiger partial charge in [-0.05, 0) is 0 Å². The molecule has 0 heterocycles. The zero-order valence-electron chi connectivity index (χ0n) is 22.2. The van der Waals surface area contributed by atoms with Crippen LogP contribution in [0.4, 0.5) is 0 Å². The van der Waals surface area contributed by atoms with E-state index in [1.165, 1.54) is 30.0 Å². The molecule has 0 aliphatic heterocycles. The molecule has 2 atom stereocenters. The van der Waals surface area contributed by atoms with Crippen molar-refractivity contribution in [3.8, 4) is 0 Å². The molecule has 172 valence electrons. The Balaban J connectivity index is 2.54. The van der Waals surface area contributed by atoms with Crippen LogP contribution in [0, 0.1) is 13.8 Å². The molecule has 2 aromatic rings. The van der Waals surface area contributed by atoms with Crippen LogP contribution in [-0.4, -0.2) is 8.07 Å². The maximum atomic E-state index is 2.67. The average molecular weight is 481 g/mol. The molecule has 2 heteroatoms. The monoisotopic (exact) mass is 480 g/mol. The molecule has 0 amide bonds. The van der Waals surface area contributed by atoms with Gasteiger partial charge in [0.1, 0.15) is 0 Å². The molecule has 0 spiro atoms. The van der Waals surface area contributed by atoms with Crippen molar-refractivity contribution in [3.63, 3.8) is 0 Å². The second kappa shape index (κ2) is 9.24. The summed E-state index contributed by atoms with van der Waals surface area (Å²) in [4.78, 5) is 0. The van der Waals surface area contributed by atoms with Gasteiger partial charge in [0.2, 0.25) is 0 Å². The Morgan fingerprint density at radius 2 is 1.34 bits per heavy atom. The number of unbranched alkanes of at least 4 members (excludes halogenated alkanes) is 1. The number of rotatable bonds is 7. The van der Waals surface area contributed by atoms with Gasteiger partial charge in [-0.25, -0.2) is 0 Å². The van der Waals surface area contributed by atoms with Crippen molar-refractivity contribution in [1.29, 1.82) is 0 Å². The SMILES string of the molecule is CCCC[Si](c1ccccc1)(c1cc(C)cc(C)c1)C1(C)C(C)=C(C)C(C)=[C]1[Ti]([CH3])([CH3])[CH3]. The Kier molecular flexibility index (Phi) is 7.36. The van der Waals surface area contributed by atoms with Crippen molar-refractivity contribution in [3.05, 3.63) is 80.3 Å². The molecular formula is C30H44SiTi. The first kappa shape index (κ1) is 25.5. The Labute approximate surface area is 202 Å². The Morgan fingerprint density at radius 1 is 0.781 bits per heavy atom. The number of benzene rings is 2. The molecular weight excluding hydrogens is 436 g/mol. The Hall–Kier alpha value is -1.15. The maximum absolute atomic E-state index is 2.67. The van der Waals surface area contributed by atoms with E-state index in [0.29, 0.717) is 0 Å². The van der Waals surface area contributed by atoms with Crippen LogP contribution in [-0.2, 0) is 16.6 Å². The molecule has 0 saturated carbocycles. The molecule has 0 aromatic heterocycles. The molecule has 0 nitrogen and oxygen atoms in total. The molecule has 0 fully saturated rings. The van der Waals surface area contributed by atoms with Gasteiger partial charge in [0.25, 0.3) is 0 Å². The summed E-state index contributed by atoms with van der Waals surface area (Å²) in [5, 5.41) is 11.3. The molecule has 0 bridgehead atoms. The van der Waals surface area contributed by atoms with Gasteiger partial charge in [0, 0.05) is 0 Å². The normalized spacial score (nSPS) is 21.3. The molecule has 3 rings (SSSR count). The first-order valence-corrected chi connectivity index (χ1v) is 20.1. The minimum absolute atomic E-state index is 0.135. The van der Waals surface area contributed by atoms with Gasteiger partial charge >= 0.3 is 203 Å². The average Bonchev–Trinajstić information content (AvgIpc) is 2.89. The summed E-state index contributed by atoms with van der Waals surface area (Å²) < 4.78 is 1.86.